The van der Waals surface area contributed by atoms with Crippen LogP contribution in [0.4, 0.5) is 18.0 Å². The van der Waals surface area contributed by atoms with Gasteiger partial charge in [0.25, 0.3) is 0 Å². The first kappa shape index (κ1) is 31.8. The Hall–Kier alpha value is -3.41. The highest BCUT2D eigenvalue weighted by molar-refractivity contribution is 7.55. The van der Waals surface area contributed by atoms with E-state index >= 15 is 0 Å². The van der Waals surface area contributed by atoms with Gasteiger partial charge < -0.3 is 23.3 Å². The topological polar surface area (TPSA) is 126 Å². The molecular weight excluding hydrogens is 546 g/mol. The average Bonchev–Trinajstić information content (AvgIpc) is 2.90. The van der Waals surface area contributed by atoms with E-state index in [9.17, 15) is 32.1 Å². The third-order valence-corrected chi connectivity index (χ3v) is 8.07. The normalized spacial score (nSPS) is 13.2. The SMILES string of the molecule is CCOP(=O)(OCC)C(Cc1ccc(C(=O)OC)c(C(=O)OC)c1)(NC(=O)OCc1ccccc1)C(F)(F)F. The highest BCUT2D eigenvalue weighted by Gasteiger charge is 2.69. The smallest absolute Gasteiger partial charge is 0.423 e. The molecule has 14 heteroatoms. The molecule has 10 nitrogen and oxygen atoms in total. The zero-order chi connectivity index (χ0) is 29.3. The summed E-state index contributed by atoms with van der Waals surface area (Å²) in [5.41, 5.74) is -0.460. The summed E-state index contributed by atoms with van der Waals surface area (Å²) in [6, 6.07) is 11.2. The van der Waals surface area contributed by atoms with E-state index in [0.29, 0.717) is 5.56 Å². The average molecular weight is 575 g/mol. The van der Waals surface area contributed by atoms with E-state index in [1.807, 2.05) is 0 Å². The van der Waals surface area contributed by atoms with Gasteiger partial charge in [-0.25, -0.2) is 14.4 Å². The molecule has 2 aromatic carbocycles. The molecule has 2 aromatic rings. The molecule has 1 amide bonds. The van der Waals surface area contributed by atoms with Gasteiger partial charge in [0.2, 0.25) is 5.28 Å². The van der Waals surface area contributed by atoms with Crippen molar-refractivity contribution >= 4 is 25.6 Å². The van der Waals surface area contributed by atoms with E-state index in [-0.39, 0.29) is 17.7 Å². The Bertz CT molecular complexity index is 1200. The molecule has 0 bridgehead atoms. The number of benzene rings is 2. The summed E-state index contributed by atoms with van der Waals surface area (Å²) in [6.45, 7) is 1.33. The van der Waals surface area contributed by atoms with Crippen molar-refractivity contribution in [1.82, 2.24) is 5.32 Å². The molecule has 0 aliphatic rings. The number of rotatable bonds is 12. The minimum atomic E-state index is -5.43. The number of methoxy groups -OCH3 is 2. The molecule has 0 fully saturated rings. The zero-order valence-corrected chi connectivity index (χ0v) is 22.6. The van der Waals surface area contributed by atoms with Crippen molar-refractivity contribution in [2.75, 3.05) is 27.4 Å². The predicted molar refractivity (Wildman–Crippen MR) is 132 cm³/mol. The molecule has 1 atom stereocenters. The summed E-state index contributed by atoms with van der Waals surface area (Å²) in [5.74, 6) is -1.98. The molecule has 0 radical (unpaired) electrons. The molecule has 1 N–H and O–H groups in total. The van der Waals surface area contributed by atoms with Crippen molar-refractivity contribution in [3.63, 3.8) is 0 Å². The summed E-state index contributed by atoms with van der Waals surface area (Å²) in [5, 5.41) is -1.95. The third-order valence-electron chi connectivity index (χ3n) is 5.41. The van der Waals surface area contributed by atoms with Gasteiger partial charge in [0.15, 0.2) is 0 Å². The molecule has 0 aliphatic heterocycles. The monoisotopic (exact) mass is 575 g/mol. The van der Waals surface area contributed by atoms with E-state index in [0.717, 1.165) is 32.4 Å². The number of alkyl carbamates (subject to hydrolysis) is 1. The van der Waals surface area contributed by atoms with Crippen LogP contribution in [0.15, 0.2) is 48.5 Å². The number of amides is 1. The number of esters is 2. The van der Waals surface area contributed by atoms with Crippen LogP contribution in [0.3, 0.4) is 0 Å². The molecule has 214 valence electrons. The summed E-state index contributed by atoms with van der Waals surface area (Å²) in [4.78, 5) is 37.2. The van der Waals surface area contributed by atoms with E-state index in [2.05, 4.69) is 9.47 Å². The Morgan fingerprint density at radius 3 is 1.92 bits per heavy atom. The van der Waals surface area contributed by atoms with Gasteiger partial charge in [-0.05, 0) is 37.1 Å². The number of carbonyl (C=O) groups is 3. The molecule has 0 aromatic heterocycles. The summed E-state index contributed by atoms with van der Waals surface area (Å²) in [7, 11) is -3.16. The van der Waals surface area contributed by atoms with Crippen LogP contribution in [0.5, 0.6) is 0 Å². The van der Waals surface area contributed by atoms with Crippen molar-refractivity contribution in [2.24, 2.45) is 0 Å². The maximum absolute atomic E-state index is 14.9. The molecule has 0 heterocycles. The number of halogens is 3. The van der Waals surface area contributed by atoms with Gasteiger partial charge >= 0.3 is 31.8 Å². The second-order valence-corrected chi connectivity index (χ2v) is 10.2. The standard InChI is InChI=1S/C25H29F3NO9P/c1-5-37-39(33,38-6-2)24(25(26,27)28,29-23(32)36-16-17-10-8-7-9-11-17)15-18-12-13-19(21(30)34-3)20(14-18)22(31)35-4/h7-14H,5-6,15-16H2,1-4H3,(H,29,32). The third kappa shape index (κ3) is 7.37. The molecule has 0 saturated carbocycles. The fourth-order valence-electron chi connectivity index (χ4n) is 3.63. The van der Waals surface area contributed by atoms with Gasteiger partial charge in [0.05, 0.1) is 38.6 Å². The van der Waals surface area contributed by atoms with E-state index < -0.39 is 62.3 Å². The quantitative estimate of drug-likeness (QED) is 0.205. The fourth-order valence-corrected chi connectivity index (χ4v) is 5.74. The zero-order valence-electron chi connectivity index (χ0n) is 21.7. The number of alkyl halides is 3. The molecular formula is C25H29F3NO9P. The van der Waals surface area contributed by atoms with Crippen LogP contribution in [0.1, 0.15) is 45.7 Å². The van der Waals surface area contributed by atoms with Gasteiger partial charge in [-0.3, -0.25) is 9.88 Å². The Labute approximate surface area is 223 Å². The van der Waals surface area contributed by atoms with Crippen LogP contribution >= 0.6 is 7.60 Å². The molecule has 0 spiro atoms. The van der Waals surface area contributed by atoms with E-state index in [1.165, 1.54) is 13.8 Å². The number of carbonyl (C=O) groups excluding carboxylic acids is 3. The van der Waals surface area contributed by atoms with E-state index in [4.69, 9.17) is 13.8 Å². The van der Waals surface area contributed by atoms with Crippen molar-refractivity contribution in [3.05, 3.63) is 70.8 Å². The Morgan fingerprint density at radius 1 is 0.846 bits per heavy atom. The van der Waals surface area contributed by atoms with Crippen molar-refractivity contribution in [3.8, 4) is 0 Å². The van der Waals surface area contributed by atoms with Crippen molar-refractivity contribution < 1.29 is 55.4 Å². The van der Waals surface area contributed by atoms with Crippen LogP contribution in [-0.4, -0.2) is 56.9 Å². The molecule has 39 heavy (non-hydrogen) atoms. The second kappa shape index (κ2) is 13.6. The van der Waals surface area contributed by atoms with Gasteiger partial charge in [0.1, 0.15) is 6.61 Å². The van der Waals surface area contributed by atoms with E-state index in [1.54, 1.807) is 35.6 Å². The maximum Gasteiger partial charge on any atom is 0.423 e. The van der Waals surface area contributed by atoms with Crippen LogP contribution in [0.2, 0.25) is 0 Å². The second-order valence-electron chi connectivity index (χ2n) is 7.92. The Balaban J connectivity index is 2.65. The van der Waals surface area contributed by atoms with Gasteiger partial charge in [-0.15, -0.1) is 0 Å². The lowest BCUT2D eigenvalue weighted by atomic mass is 9.98. The van der Waals surface area contributed by atoms with Gasteiger partial charge in [-0.2, -0.15) is 13.2 Å². The molecule has 0 saturated heterocycles. The van der Waals surface area contributed by atoms with Crippen molar-refractivity contribution in [1.29, 1.82) is 0 Å². The van der Waals surface area contributed by atoms with Gasteiger partial charge in [0, 0.05) is 6.42 Å². The minimum Gasteiger partial charge on any atom is -0.465 e. The first-order valence-corrected chi connectivity index (χ1v) is 13.2. The van der Waals surface area contributed by atoms with Crippen molar-refractivity contribution in [2.45, 2.75) is 38.3 Å². The van der Waals surface area contributed by atoms with Crippen LogP contribution in [0, 0.1) is 0 Å². The van der Waals surface area contributed by atoms with Crippen LogP contribution in [0.25, 0.3) is 0 Å². The Kier molecular flexibility index (Phi) is 11.1. The number of nitrogens with one attached hydrogen (secondary N) is 1. The van der Waals surface area contributed by atoms with Crippen LogP contribution < -0.4 is 5.32 Å². The number of hydrogen-bond acceptors (Lipinski definition) is 9. The van der Waals surface area contributed by atoms with Gasteiger partial charge in [-0.1, -0.05) is 36.4 Å². The lowest BCUT2D eigenvalue weighted by molar-refractivity contribution is -0.174. The summed E-state index contributed by atoms with van der Waals surface area (Å²) in [6.07, 6.45) is -8.19. The maximum atomic E-state index is 14.9. The first-order valence-electron chi connectivity index (χ1n) is 11.6. The molecule has 0 aliphatic carbocycles. The first-order chi connectivity index (χ1) is 18.4. The Morgan fingerprint density at radius 2 is 1.41 bits per heavy atom. The summed E-state index contributed by atoms with van der Waals surface area (Å²) >= 11 is 0. The highest BCUT2D eigenvalue weighted by atomic mass is 31.2. The molecule has 1 unspecified atom stereocenters. The number of hydrogen-bond donors (Lipinski definition) is 1. The fraction of sp³-hybridized carbons (Fsp3) is 0.400. The minimum absolute atomic E-state index is 0.261. The molecule has 2 rings (SSSR count). The lowest BCUT2D eigenvalue weighted by Gasteiger charge is -2.40. The largest absolute Gasteiger partial charge is 0.465 e. The number of ether oxygens (including phenoxy) is 3. The van der Waals surface area contributed by atoms with Crippen LogP contribution in [-0.2, 0) is 40.9 Å². The predicted octanol–water partition coefficient (Wildman–Crippen LogP) is 5.25. The summed E-state index contributed by atoms with van der Waals surface area (Å²) < 4.78 is 83.0. The lowest BCUT2D eigenvalue weighted by Crippen LogP contribution is -2.60. The highest BCUT2D eigenvalue weighted by Crippen LogP contribution is 2.65.